The number of amides is 1. The van der Waals surface area contributed by atoms with Gasteiger partial charge in [0, 0.05) is 5.56 Å². The van der Waals surface area contributed by atoms with E-state index in [4.69, 9.17) is 14.3 Å². The number of nitrogens with one attached hydrogen (secondary N) is 1. The van der Waals surface area contributed by atoms with Crippen LogP contribution in [0, 0.1) is 0 Å². The molecule has 0 radical (unpaired) electrons. The van der Waals surface area contributed by atoms with Crippen LogP contribution in [0.25, 0.3) is 11.3 Å². The van der Waals surface area contributed by atoms with Crippen molar-refractivity contribution < 1.29 is 28.6 Å². The summed E-state index contributed by atoms with van der Waals surface area (Å²) in [5.41, 5.74) is 0.911. The van der Waals surface area contributed by atoms with Crippen LogP contribution in [0.4, 0.5) is 4.79 Å². The third-order valence-corrected chi connectivity index (χ3v) is 3.03. The first kappa shape index (κ1) is 16.6. The van der Waals surface area contributed by atoms with E-state index in [0.717, 1.165) is 12.7 Å². The van der Waals surface area contributed by atoms with Crippen molar-refractivity contribution in [2.45, 2.75) is 12.6 Å². The van der Waals surface area contributed by atoms with Gasteiger partial charge in [-0.3, -0.25) is 0 Å². The number of furan rings is 1. The number of aliphatic hydroxyl groups is 1. The van der Waals surface area contributed by atoms with E-state index in [0.29, 0.717) is 11.5 Å². The highest BCUT2D eigenvalue weighted by molar-refractivity contribution is 5.81. The van der Waals surface area contributed by atoms with Gasteiger partial charge in [0.05, 0.1) is 13.7 Å². The van der Waals surface area contributed by atoms with Gasteiger partial charge in [-0.15, -0.1) is 0 Å². The maximum absolute atomic E-state index is 11.6. The first-order chi connectivity index (χ1) is 11.1. The zero-order chi connectivity index (χ0) is 16.7. The summed E-state index contributed by atoms with van der Waals surface area (Å²) < 4.78 is 14.9. The Morgan fingerprint density at radius 3 is 2.61 bits per heavy atom. The zero-order valence-corrected chi connectivity index (χ0v) is 12.5. The number of ether oxygens (including phenoxy) is 2. The molecular weight excluding hydrogens is 302 g/mol. The summed E-state index contributed by atoms with van der Waals surface area (Å²) >= 11 is 0. The van der Waals surface area contributed by atoms with Crippen molar-refractivity contribution in [3.05, 3.63) is 48.2 Å². The lowest BCUT2D eigenvalue weighted by atomic mass is 10.2. The molecule has 122 valence electrons. The molecule has 0 aliphatic carbocycles. The second-order valence-corrected chi connectivity index (χ2v) is 4.61. The zero-order valence-electron chi connectivity index (χ0n) is 12.5. The highest BCUT2D eigenvalue weighted by Crippen LogP contribution is 2.22. The topological polar surface area (TPSA) is 98.0 Å². The van der Waals surface area contributed by atoms with Crippen molar-refractivity contribution in [2.75, 3.05) is 13.7 Å². The molecule has 0 bridgehead atoms. The third-order valence-electron chi connectivity index (χ3n) is 3.03. The summed E-state index contributed by atoms with van der Waals surface area (Å²) in [6.07, 6.45) is -0.855. The minimum Gasteiger partial charge on any atom is -0.467 e. The molecule has 23 heavy (non-hydrogen) atoms. The SMILES string of the molecule is COC(=O)C(CO)NC(=O)OCc1ccc(-c2ccccc2)o1. The van der Waals surface area contributed by atoms with Crippen LogP contribution >= 0.6 is 0 Å². The van der Waals surface area contributed by atoms with Crippen LogP contribution in [0.1, 0.15) is 5.76 Å². The number of rotatable bonds is 6. The first-order valence-electron chi connectivity index (χ1n) is 6.90. The summed E-state index contributed by atoms with van der Waals surface area (Å²) in [4.78, 5) is 22.8. The first-order valence-corrected chi connectivity index (χ1v) is 6.90. The fourth-order valence-corrected chi connectivity index (χ4v) is 1.86. The van der Waals surface area contributed by atoms with Crippen LogP contribution < -0.4 is 5.32 Å². The van der Waals surface area contributed by atoms with Gasteiger partial charge >= 0.3 is 12.1 Å². The highest BCUT2D eigenvalue weighted by atomic mass is 16.6. The predicted molar refractivity (Wildman–Crippen MR) is 80.4 cm³/mol. The number of alkyl carbamates (subject to hydrolysis) is 1. The molecule has 0 saturated heterocycles. The van der Waals surface area contributed by atoms with Crippen molar-refractivity contribution in [1.82, 2.24) is 5.32 Å². The van der Waals surface area contributed by atoms with Crippen molar-refractivity contribution in [3.8, 4) is 11.3 Å². The molecule has 2 aromatic rings. The van der Waals surface area contributed by atoms with Gasteiger partial charge in [-0.2, -0.15) is 0 Å². The van der Waals surface area contributed by atoms with Crippen LogP contribution in [-0.2, 0) is 20.9 Å². The summed E-state index contributed by atoms with van der Waals surface area (Å²) in [6.45, 7) is -0.682. The van der Waals surface area contributed by atoms with Gasteiger partial charge in [0.25, 0.3) is 0 Å². The van der Waals surface area contributed by atoms with Gasteiger partial charge in [0.1, 0.15) is 11.5 Å². The Bertz CT molecular complexity index is 652. The molecule has 1 amide bonds. The van der Waals surface area contributed by atoms with E-state index in [1.807, 2.05) is 30.3 Å². The Labute approximate surface area is 132 Å². The summed E-state index contributed by atoms with van der Waals surface area (Å²) in [5.74, 6) is 0.360. The molecule has 7 nitrogen and oxygen atoms in total. The van der Waals surface area contributed by atoms with E-state index in [1.54, 1.807) is 12.1 Å². The van der Waals surface area contributed by atoms with Crippen LogP contribution in [-0.4, -0.2) is 36.9 Å². The maximum atomic E-state index is 11.6. The van der Waals surface area contributed by atoms with Crippen LogP contribution in [0.3, 0.4) is 0 Å². The molecule has 2 N–H and O–H groups in total. The lowest BCUT2D eigenvalue weighted by molar-refractivity contribution is -0.144. The summed E-state index contributed by atoms with van der Waals surface area (Å²) in [5, 5.41) is 11.2. The maximum Gasteiger partial charge on any atom is 0.408 e. The largest absolute Gasteiger partial charge is 0.467 e. The molecule has 2 rings (SSSR count). The molecule has 1 aromatic carbocycles. The predicted octanol–water partition coefficient (Wildman–Crippen LogP) is 1.71. The summed E-state index contributed by atoms with van der Waals surface area (Å²) in [6, 6.07) is 11.8. The smallest absolute Gasteiger partial charge is 0.408 e. The highest BCUT2D eigenvalue weighted by Gasteiger charge is 2.21. The van der Waals surface area contributed by atoms with Gasteiger partial charge in [0.2, 0.25) is 0 Å². The quantitative estimate of drug-likeness (QED) is 0.787. The summed E-state index contributed by atoms with van der Waals surface area (Å²) in [7, 11) is 1.16. The molecule has 0 aliphatic heterocycles. The molecule has 7 heteroatoms. The molecule has 0 fully saturated rings. The third kappa shape index (κ3) is 4.58. The number of hydrogen-bond acceptors (Lipinski definition) is 6. The molecule has 1 aromatic heterocycles. The normalized spacial score (nSPS) is 11.6. The van der Waals surface area contributed by atoms with Gasteiger partial charge in [-0.25, -0.2) is 9.59 Å². The number of aliphatic hydroxyl groups excluding tert-OH is 1. The van der Waals surface area contributed by atoms with Crippen molar-refractivity contribution in [3.63, 3.8) is 0 Å². The van der Waals surface area contributed by atoms with E-state index in [9.17, 15) is 9.59 Å². The number of esters is 1. The lowest BCUT2D eigenvalue weighted by Gasteiger charge is -2.13. The Morgan fingerprint density at radius 2 is 1.96 bits per heavy atom. The number of carbonyl (C=O) groups is 2. The van der Waals surface area contributed by atoms with Crippen molar-refractivity contribution >= 4 is 12.1 Å². The molecule has 1 atom stereocenters. The van der Waals surface area contributed by atoms with Gasteiger partial charge in [-0.1, -0.05) is 30.3 Å². The Kier molecular flexibility index (Phi) is 5.76. The van der Waals surface area contributed by atoms with E-state index >= 15 is 0 Å². The van der Waals surface area contributed by atoms with Gasteiger partial charge in [0.15, 0.2) is 12.6 Å². The minimum atomic E-state index is -1.16. The Hall–Kier alpha value is -2.80. The molecular formula is C16H17NO6. The number of carbonyl (C=O) groups excluding carboxylic acids is 2. The Balaban J connectivity index is 1.88. The standard InChI is InChI=1S/C16H17NO6/c1-21-15(19)13(9-18)17-16(20)22-10-12-7-8-14(23-12)11-5-3-2-4-6-11/h2-8,13,18H,9-10H2,1H3,(H,17,20). The van der Waals surface area contributed by atoms with Crippen molar-refractivity contribution in [1.29, 1.82) is 0 Å². The van der Waals surface area contributed by atoms with Crippen LogP contribution in [0.2, 0.25) is 0 Å². The van der Waals surface area contributed by atoms with E-state index in [-0.39, 0.29) is 6.61 Å². The van der Waals surface area contributed by atoms with Gasteiger partial charge in [-0.05, 0) is 12.1 Å². The minimum absolute atomic E-state index is 0.0992. The average molecular weight is 319 g/mol. The Morgan fingerprint density at radius 1 is 1.22 bits per heavy atom. The molecule has 0 aliphatic rings. The van der Waals surface area contributed by atoms with Crippen LogP contribution in [0.15, 0.2) is 46.9 Å². The number of hydrogen-bond donors (Lipinski definition) is 2. The fourth-order valence-electron chi connectivity index (χ4n) is 1.86. The van der Waals surface area contributed by atoms with Crippen LogP contribution in [0.5, 0.6) is 0 Å². The lowest BCUT2D eigenvalue weighted by Crippen LogP contribution is -2.44. The van der Waals surface area contributed by atoms with E-state index in [1.165, 1.54) is 0 Å². The molecule has 0 spiro atoms. The molecule has 1 unspecified atom stereocenters. The average Bonchev–Trinajstić information content (AvgIpc) is 3.07. The van der Waals surface area contributed by atoms with E-state index in [2.05, 4.69) is 10.1 Å². The van der Waals surface area contributed by atoms with E-state index < -0.39 is 24.7 Å². The monoisotopic (exact) mass is 319 g/mol. The second kappa shape index (κ2) is 8.00. The number of benzene rings is 1. The van der Waals surface area contributed by atoms with Gasteiger partial charge < -0.3 is 24.3 Å². The van der Waals surface area contributed by atoms with Crippen molar-refractivity contribution in [2.24, 2.45) is 0 Å². The molecule has 1 heterocycles. The number of methoxy groups -OCH3 is 1. The second-order valence-electron chi connectivity index (χ2n) is 4.61. The molecule has 0 saturated carbocycles. The fraction of sp³-hybridized carbons (Fsp3) is 0.250.